The number of hydrogen-bond donors (Lipinski definition) is 0. The van der Waals surface area contributed by atoms with E-state index in [1.165, 1.54) is 4.31 Å². The quantitative estimate of drug-likeness (QED) is 0.553. The molecule has 1 atom stereocenters. The standard InChI is InChI=1S/C24H33N3O5S/c1-19(25(2)13-12-20-10-11-22(31-3)23(18-20)32-4)24(28)26-14-16-27(17-15-26)33(29,30)21-8-6-5-7-9-21/h5-11,18-19H,12-17H2,1-4H3. The van der Waals surface area contributed by atoms with Gasteiger partial charge in [-0.1, -0.05) is 24.3 Å². The first kappa shape index (κ1) is 25.0. The summed E-state index contributed by atoms with van der Waals surface area (Å²) < 4.78 is 37.7. The molecule has 1 saturated heterocycles. The van der Waals surface area contributed by atoms with Crippen LogP contribution in [0.5, 0.6) is 11.5 Å². The molecule has 2 aromatic rings. The van der Waals surface area contributed by atoms with Gasteiger partial charge in [0.25, 0.3) is 0 Å². The molecular formula is C24H33N3O5S. The SMILES string of the molecule is COc1ccc(CCN(C)C(C)C(=O)N2CCN(S(=O)(=O)c3ccccc3)CC2)cc1OC. The average Bonchev–Trinajstić information content (AvgIpc) is 2.86. The number of rotatable bonds is 9. The fourth-order valence-corrected chi connectivity index (χ4v) is 5.32. The highest BCUT2D eigenvalue weighted by Crippen LogP contribution is 2.27. The average molecular weight is 476 g/mol. The largest absolute Gasteiger partial charge is 0.493 e. The summed E-state index contributed by atoms with van der Waals surface area (Å²) in [6, 6.07) is 13.9. The molecule has 180 valence electrons. The number of sulfonamides is 1. The molecule has 0 saturated carbocycles. The first-order valence-corrected chi connectivity index (χ1v) is 12.5. The number of piperazine rings is 1. The Labute approximate surface area is 196 Å². The molecule has 3 rings (SSSR count). The molecule has 0 N–H and O–H groups in total. The highest BCUT2D eigenvalue weighted by atomic mass is 32.2. The predicted molar refractivity (Wildman–Crippen MR) is 127 cm³/mol. The van der Waals surface area contributed by atoms with E-state index in [1.54, 1.807) is 49.5 Å². The minimum atomic E-state index is -3.53. The monoisotopic (exact) mass is 475 g/mol. The van der Waals surface area contributed by atoms with E-state index in [1.807, 2.05) is 37.1 Å². The van der Waals surface area contributed by atoms with Crippen molar-refractivity contribution >= 4 is 15.9 Å². The maximum absolute atomic E-state index is 13.0. The van der Waals surface area contributed by atoms with E-state index in [0.29, 0.717) is 44.2 Å². The summed E-state index contributed by atoms with van der Waals surface area (Å²) in [5.74, 6) is 1.39. The topological polar surface area (TPSA) is 79.4 Å². The molecule has 1 aliphatic heterocycles. The second-order valence-corrected chi connectivity index (χ2v) is 10.1. The van der Waals surface area contributed by atoms with Crippen molar-refractivity contribution in [3.63, 3.8) is 0 Å². The van der Waals surface area contributed by atoms with Crippen LogP contribution in [0.1, 0.15) is 12.5 Å². The molecule has 9 heteroatoms. The lowest BCUT2D eigenvalue weighted by Gasteiger charge is -2.36. The van der Waals surface area contributed by atoms with Crippen molar-refractivity contribution in [2.45, 2.75) is 24.3 Å². The van der Waals surface area contributed by atoms with Gasteiger partial charge in [-0.3, -0.25) is 9.69 Å². The van der Waals surface area contributed by atoms with Crippen LogP contribution in [0.25, 0.3) is 0 Å². The summed E-state index contributed by atoms with van der Waals surface area (Å²) in [6.45, 7) is 3.96. The van der Waals surface area contributed by atoms with Gasteiger partial charge in [0.1, 0.15) is 0 Å². The Kier molecular flexibility index (Phi) is 8.34. The Balaban J connectivity index is 1.53. The van der Waals surface area contributed by atoms with Gasteiger partial charge < -0.3 is 14.4 Å². The Morgan fingerprint density at radius 3 is 2.24 bits per heavy atom. The molecule has 1 amide bonds. The minimum Gasteiger partial charge on any atom is -0.493 e. The van der Waals surface area contributed by atoms with E-state index in [9.17, 15) is 13.2 Å². The number of amides is 1. The molecule has 0 radical (unpaired) electrons. The highest BCUT2D eigenvalue weighted by Gasteiger charge is 2.32. The number of methoxy groups -OCH3 is 2. The van der Waals surface area contributed by atoms with Crippen molar-refractivity contribution in [3.8, 4) is 11.5 Å². The molecule has 0 spiro atoms. The predicted octanol–water partition coefficient (Wildman–Crippen LogP) is 2.10. The molecule has 1 fully saturated rings. The van der Waals surface area contributed by atoms with Crippen molar-refractivity contribution < 1.29 is 22.7 Å². The van der Waals surface area contributed by atoms with Crippen molar-refractivity contribution in [2.24, 2.45) is 0 Å². The van der Waals surface area contributed by atoms with Gasteiger partial charge in [-0.15, -0.1) is 0 Å². The maximum Gasteiger partial charge on any atom is 0.243 e. The van der Waals surface area contributed by atoms with Crippen LogP contribution < -0.4 is 9.47 Å². The third-order valence-electron chi connectivity index (χ3n) is 6.15. The Bertz CT molecular complexity index is 1040. The summed E-state index contributed by atoms with van der Waals surface area (Å²) in [4.78, 5) is 17.1. The fraction of sp³-hybridized carbons (Fsp3) is 0.458. The van der Waals surface area contributed by atoms with Gasteiger partial charge >= 0.3 is 0 Å². The fourth-order valence-electron chi connectivity index (χ4n) is 3.88. The van der Waals surface area contributed by atoms with E-state index in [4.69, 9.17) is 9.47 Å². The molecular weight excluding hydrogens is 442 g/mol. The lowest BCUT2D eigenvalue weighted by molar-refractivity contribution is -0.137. The number of ether oxygens (including phenoxy) is 2. The second kappa shape index (κ2) is 11.0. The van der Waals surface area contributed by atoms with Crippen molar-refractivity contribution in [2.75, 3.05) is 54.0 Å². The van der Waals surface area contributed by atoms with Gasteiger partial charge in [-0.05, 0) is 50.2 Å². The molecule has 1 unspecified atom stereocenters. The van der Waals surface area contributed by atoms with Gasteiger partial charge in [0.2, 0.25) is 15.9 Å². The third-order valence-corrected chi connectivity index (χ3v) is 8.06. The van der Waals surface area contributed by atoms with Gasteiger partial charge in [-0.2, -0.15) is 4.31 Å². The highest BCUT2D eigenvalue weighted by molar-refractivity contribution is 7.89. The van der Waals surface area contributed by atoms with E-state index in [2.05, 4.69) is 0 Å². The molecule has 33 heavy (non-hydrogen) atoms. The summed E-state index contributed by atoms with van der Waals surface area (Å²) in [7, 11) is 1.62. The van der Waals surface area contributed by atoms with Crippen LogP contribution in [0.3, 0.4) is 0 Å². The van der Waals surface area contributed by atoms with Crippen LogP contribution in [0.4, 0.5) is 0 Å². The molecule has 2 aromatic carbocycles. The normalized spacial score (nSPS) is 16.0. The van der Waals surface area contributed by atoms with E-state index >= 15 is 0 Å². The number of hydrogen-bond acceptors (Lipinski definition) is 6. The zero-order valence-electron chi connectivity index (χ0n) is 19.7. The Morgan fingerprint density at radius 2 is 1.64 bits per heavy atom. The van der Waals surface area contributed by atoms with Crippen LogP contribution in [0, 0.1) is 0 Å². The number of nitrogens with zero attached hydrogens (tertiary/aromatic N) is 3. The van der Waals surface area contributed by atoms with Gasteiger partial charge in [0, 0.05) is 32.7 Å². The Hall–Kier alpha value is -2.62. The number of carbonyl (C=O) groups is 1. The van der Waals surface area contributed by atoms with Crippen molar-refractivity contribution in [1.82, 2.24) is 14.1 Å². The molecule has 0 aliphatic carbocycles. The summed E-state index contributed by atoms with van der Waals surface area (Å²) in [6.07, 6.45) is 0.761. The van der Waals surface area contributed by atoms with Gasteiger partial charge in [0.05, 0.1) is 25.2 Å². The number of benzene rings is 2. The Morgan fingerprint density at radius 1 is 1.00 bits per heavy atom. The third kappa shape index (κ3) is 5.85. The molecule has 8 nitrogen and oxygen atoms in total. The molecule has 1 heterocycles. The zero-order valence-corrected chi connectivity index (χ0v) is 20.5. The van der Waals surface area contributed by atoms with Gasteiger partial charge in [-0.25, -0.2) is 8.42 Å². The summed E-state index contributed by atoms with van der Waals surface area (Å²) >= 11 is 0. The first-order valence-electron chi connectivity index (χ1n) is 11.0. The maximum atomic E-state index is 13.0. The second-order valence-electron chi connectivity index (χ2n) is 8.14. The van der Waals surface area contributed by atoms with Gasteiger partial charge in [0.15, 0.2) is 11.5 Å². The molecule has 0 bridgehead atoms. The van der Waals surface area contributed by atoms with Crippen molar-refractivity contribution in [3.05, 3.63) is 54.1 Å². The number of likely N-dealkylation sites (N-methyl/N-ethyl adjacent to an activating group) is 1. The zero-order chi connectivity index (χ0) is 24.0. The summed E-state index contributed by atoms with van der Waals surface area (Å²) in [5.41, 5.74) is 1.10. The number of carbonyl (C=O) groups excluding carboxylic acids is 1. The van der Waals surface area contributed by atoms with Crippen LogP contribution in [-0.4, -0.2) is 88.5 Å². The van der Waals surface area contributed by atoms with Crippen LogP contribution >= 0.6 is 0 Å². The van der Waals surface area contributed by atoms with Crippen LogP contribution in [0.15, 0.2) is 53.4 Å². The van der Waals surface area contributed by atoms with Crippen molar-refractivity contribution in [1.29, 1.82) is 0 Å². The van der Waals surface area contributed by atoms with E-state index < -0.39 is 10.0 Å². The molecule has 1 aliphatic rings. The minimum absolute atomic E-state index is 0.0153. The van der Waals surface area contributed by atoms with Crippen LogP contribution in [-0.2, 0) is 21.2 Å². The smallest absolute Gasteiger partial charge is 0.243 e. The van der Waals surface area contributed by atoms with Crippen LogP contribution in [0.2, 0.25) is 0 Å². The molecule has 0 aromatic heterocycles. The first-order chi connectivity index (χ1) is 15.8. The summed E-state index contributed by atoms with van der Waals surface area (Å²) in [5, 5.41) is 0. The van der Waals surface area contributed by atoms with E-state index in [0.717, 1.165) is 12.0 Å². The lowest BCUT2D eigenvalue weighted by Crippen LogP contribution is -2.54. The van der Waals surface area contributed by atoms with E-state index in [-0.39, 0.29) is 16.8 Å². The lowest BCUT2D eigenvalue weighted by atomic mass is 10.1.